The standard InChI is InChI=1S/C24H21F4N3O4/c25-17-4-3-13(10-18(17)26)20(32)19(12-5-7-34-8-6-12)31-11-15-2-1-14(9-16(15)24(31)33)22-29-30-23(35-22)21(27)28/h1-4,9-10,12,19-21,32H,5-8,11H2/t19-,20?/m1/s1. The van der Waals surface area contributed by atoms with E-state index in [1.165, 1.54) is 17.0 Å². The van der Waals surface area contributed by atoms with Crippen molar-refractivity contribution in [2.24, 2.45) is 5.92 Å². The normalized spacial score (nSPS) is 18.2. The van der Waals surface area contributed by atoms with Crippen molar-refractivity contribution in [2.45, 2.75) is 38.0 Å². The summed E-state index contributed by atoms with van der Waals surface area (Å²) in [6.07, 6.45) is -3.03. The third kappa shape index (κ3) is 4.41. The number of ether oxygens (including phenoxy) is 1. The molecule has 3 heterocycles. The Morgan fingerprint density at radius 3 is 2.49 bits per heavy atom. The van der Waals surface area contributed by atoms with E-state index in [4.69, 9.17) is 9.15 Å². The predicted octanol–water partition coefficient (Wildman–Crippen LogP) is 4.44. The molecule has 0 bridgehead atoms. The molecule has 0 saturated carbocycles. The predicted molar refractivity (Wildman–Crippen MR) is 113 cm³/mol. The van der Waals surface area contributed by atoms with Crippen LogP contribution < -0.4 is 0 Å². The molecule has 0 spiro atoms. The minimum atomic E-state index is -2.92. The number of aromatic nitrogens is 2. The fourth-order valence-electron chi connectivity index (χ4n) is 4.77. The molecule has 2 aromatic carbocycles. The molecular weight excluding hydrogens is 470 g/mol. The van der Waals surface area contributed by atoms with Crippen LogP contribution in [0.5, 0.6) is 0 Å². The van der Waals surface area contributed by atoms with Crippen LogP contribution in [0.4, 0.5) is 17.6 Å². The largest absolute Gasteiger partial charge is 0.415 e. The fraction of sp³-hybridized carbons (Fsp3) is 0.375. The van der Waals surface area contributed by atoms with Gasteiger partial charge in [0.2, 0.25) is 5.89 Å². The first-order valence-corrected chi connectivity index (χ1v) is 11.1. The van der Waals surface area contributed by atoms with Crippen LogP contribution in [0.15, 0.2) is 40.8 Å². The van der Waals surface area contributed by atoms with E-state index in [-0.39, 0.29) is 29.8 Å². The SMILES string of the molecule is O=C1c2cc(-c3nnc(C(F)F)o3)ccc2CN1[C@H](C1CCOCC1)C(O)c1ccc(F)c(F)c1. The number of nitrogens with zero attached hydrogens (tertiary/aromatic N) is 3. The van der Waals surface area contributed by atoms with Crippen molar-refractivity contribution in [2.75, 3.05) is 13.2 Å². The van der Waals surface area contributed by atoms with E-state index in [1.807, 2.05) is 0 Å². The molecule has 7 nitrogen and oxygen atoms in total. The summed E-state index contributed by atoms with van der Waals surface area (Å²) < 4.78 is 63.5. The average molecular weight is 491 g/mol. The van der Waals surface area contributed by atoms with Crippen LogP contribution in [0.2, 0.25) is 0 Å². The number of rotatable bonds is 6. The lowest BCUT2D eigenvalue weighted by Crippen LogP contribution is -2.46. The first-order valence-electron chi connectivity index (χ1n) is 11.1. The number of benzene rings is 2. The van der Waals surface area contributed by atoms with Gasteiger partial charge in [0, 0.05) is 30.9 Å². The molecule has 2 aliphatic heterocycles. The third-order valence-corrected chi connectivity index (χ3v) is 6.53. The van der Waals surface area contributed by atoms with E-state index in [9.17, 15) is 27.5 Å². The monoisotopic (exact) mass is 491 g/mol. The summed E-state index contributed by atoms with van der Waals surface area (Å²) in [7, 11) is 0. The highest BCUT2D eigenvalue weighted by molar-refractivity contribution is 5.99. The van der Waals surface area contributed by atoms with E-state index < -0.39 is 36.1 Å². The van der Waals surface area contributed by atoms with Crippen molar-refractivity contribution >= 4 is 5.91 Å². The lowest BCUT2D eigenvalue weighted by molar-refractivity contribution is -0.0214. The minimum absolute atomic E-state index is 0.142. The van der Waals surface area contributed by atoms with Gasteiger partial charge < -0.3 is 19.2 Å². The highest BCUT2D eigenvalue weighted by Crippen LogP contribution is 2.38. The Balaban J connectivity index is 1.47. The number of halogens is 4. The number of fused-ring (bicyclic) bond motifs is 1. The molecule has 1 aromatic heterocycles. The molecule has 1 unspecified atom stereocenters. The summed E-state index contributed by atoms with van der Waals surface area (Å²) in [5, 5.41) is 18.2. The molecule has 1 saturated heterocycles. The second-order valence-corrected chi connectivity index (χ2v) is 8.61. The molecule has 0 radical (unpaired) electrons. The summed E-state index contributed by atoms with van der Waals surface area (Å²) in [6.45, 7) is 1.09. The summed E-state index contributed by atoms with van der Waals surface area (Å²) in [5.74, 6) is -3.60. The second-order valence-electron chi connectivity index (χ2n) is 8.61. The fourth-order valence-corrected chi connectivity index (χ4v) is 4.77. The number of aliphatic hydroxyl groups excluding tert-OH is 1. The Kier molecular flexibility index (Phi) is 6.28. The third-order valence-electron chi connectivity index (χ3n) is 6.53. The first-order chi connectivity index (χ1) is 16.8. The molecule has 1 fully saturated rings. The molecule has 0 aliphatic carbocycles. The van der Waals surface area contributed by atoms with Gasteiger partial charge in [-0.2, -0.15) is 8.78 Å². The van der Waals surface area contributed by atoms with Crippen LogP contribution in [0.3, 0.4) is 0 Å². The van der Waals surface area contributed by atoms with Crippen LogP contribution in [0, 0.1) is 17.6 Å². The Morgan fingerprint density at radius 2 is 1.80 bits per heavy atom. The highest BCUT2D eigenvalue weighted by Gasteiger charge is 2.42. The van der Waals surface area contributed by atoms with Crippen molar-refractivity contribution in [3.63, 3.8) is 0 Å². The van der Waals surface area contributed by atoms with Gasteiger partial charge in [-0.05, 0) is 54.2 Å². The van der Waals surface area contributed by atoms with Crippen LogP contribution in [0.1, 0.15) is 52.7 Å². The molecular formula is C24H21F4N3O4. The summed E-state index contributed by atoms with van der Waals surface area (Å²) in [5.41, 5.74) is 1.45. The zero-order valence-corrected chi connectivity index (χ0v) is 18.3. The van der Waals surface area contributed by atoms with Gasteiger partial charge in [0.05, 0.1) is 12.1 Å². The Bertz CT molecular complexity index is 1250. The van der Waals surface area contributed by atoms with E-state index >= 15 is 0 Å². The van der Waals surface area contributed by atoms with Crippen molar-refractivity contribution in [1.82, 2.24) is 15.1 Å². The molecule has 2 atom stereocenters. The zero-order valence-electron chi connectivity index (χ0n) is 18.3. The number of aliphatic hydroxyl groups is 1. The van der Waals surface area contributed by atoms with Crippen LogP contribution in [0.25, 0.3) is 11.5 Å². The van der Waals surface area contributed by atoms with E-state index in [2.05, 4.69) is 10.2 Å². The molecule has 5 rings (SSSR count). The van der Waals surface area contributed by atoms with Crippen LogP contribution in [-0.2, 0) is 11.3 Å². The zero-order chi connectivity index (χ0) is 24.7. The highest BCUT2D eigenvalue weighted by atomic mass is 19.3. The topological polar surface area (TPSA) is 88.7 Å². The number of alkyl halides is 2. The smallest absolute Gasteiger partial charge is 0.314 e. The maximum Gasteiger partial charge on any atom is 0.314 e. The molecule has 1 N–H and O–H groups in total. The Morgan fingerprint density at radius 1 is 1.03 bits per heavy atom. The number of hydrogen-bond acceptors (Lipinski definition) is 6. The van der Waals surface area contributed by atoms with Crippen LogP contribution >= 0.6 is 0 Å². The van der Waals surface area contributed by atoms with Gasteiger partial charge >= 0.3 is 6.43 Å². The van der Waals surface area contributed by atoms with Crippen LogP contribution in [-0.4, -0.2) is 45.4 Å². The van der Waals surface area contributed by atoms with Gasteiger partial charge in [-0.15, -0.1) is 10.2 Å². The van der Waals surface area contributed by atoms with Crippen molar-refractivity contribution < 1.29 is 36.6 Å². The summed E-state index contributed by atoms with van der Waals surface area (Å²) >= 11 is 0. The molecule has 3 aromatic rings. The lowest BCUT2D eigenvalue weighted by Gasteiger charge is -2.39. The maximum absolute atomic E-state index is 13.9. The molecule has 184 valence electrons. The van der Waals surface area contributed by atoms with E-state index in [0.717, 1.165) is 12.1 Å². The van der Waals surface area contributed by atoms with Crippen molar-refractivity contribution in [3.8, 4) is 11.5 Å². The molecule has 35 heavy (non-hydrogen) atoms. The summed E-state index contributed by atoms with van der Waals surface area (Å²) in [6, 6.07) is 7.21. The number of hydrogen-bond donors (Lipinski definition) is 1. The van der Waals surface area contributed by atoms with Gasteiger partial charge in [-0.3, -0.25) is 4.79 Å². The molecule has 11 heteroatoms. The van der Waals surface area contributed by atoms with Gasteiger partial charge in [-0.1, -0.05) is 12.1 Å². The quantitative estimate of drug-likeness (QED) is 0.513. The number of amides is 1. The number of carbonyl (C=O) groups is 1. The van der Waals surface area contributed by atoms with E-state index in [1.54, 1.807) is 12.1 Å². The lowest BCUT2D eigenvalue weighted by atomic mass is 9.84. The molecule has 2 aliphatic rings. The second kappa shape index (κ2) is 9.38. The van der Waals surface area contributed by atoms with Gasteiger partial charge in [-0.25, -0.2) is 8.78 Å². The van der Waals surface area contributed by atoms with Gasteiger partial charge in [0.15, 0.2) is 11.6 Å². The van der Waals surface area contributed by atoms with Gasteiger partial charge in [0.25, 0.3) is 11.8 Å². The van der Waals surface area contributed by atoms with Crippen molar-refractivity contribution in [1.29, 1.82) is 0 Å². The van der Waals surface area contributed by atoms with Crippen molar-refractivity contribution in [3.05, 3.63) is 70.6 Å². The Hall–Kier alpha value is -3.31. The first kappa shape index (κ1) is 23.4. The molecule has 1 amide bonds. The minimum Gasteiger partial charge on any atom is -0.415 e. The van der Waals surface area contributed by atoms with Gasteiger partial charge in [0.1, 0.15) is 0 Å². The Labute approximate surface area is 197 Å². The van der Waals surface area contributed by atoms with E-state index in [0.29, 0.717) is 42.7 Å². The number of carbonyl (C=O) groups excluding carboxylic acids is 1. The average Bonchev–Trinajstić information content (AvgIpc) is 3.47. The summed E-state index contributed by atoms with van der Waals surface area (Å²) in [4.78, 5) is 15.0. The maximum atomic E-state index is 13.9.